The van der Waals surface area contributed by atoms with E-state index >= 15 is 0 Å². The van der Waals surface area contributed by atoms with Crippen LogP contribution >= 0.6 is 0 Å². The number of ether oxygens (including phenoxy) is 1. The van der Waals surface area contributed by atoms with Crippen LogP contribution in [0.25, 0.3) is 0 Å². The van der Waals surface area contributed by atoms with Crippen molar-refractivity contribution in [1.29, 1.82) is 0 Å². The van der Waals surface area contributed by atoms with E-state index in [4.69, 9.17) is 4.74 Å². The van der Waals surface area contributed by atoms with Gasteiger partial charge in [-0.05, 0) is 35.4 Å². The Balaban J connectivity index is 1.22. The van der Waals surface area contributed by atoms with E-state index in [0.29, 0.717) is 18.0 Å². The Labute approximate surface area is 203 Å². The number of imide groups is 1. The Morgan fingerprint density at radius 3 is 2.20 bits per heavy atom. The van der Waals surface area contributed by atoms with Crippen molar-refractivity contribution in [3.63, 3.8) is 0 Å². The molecule has 0 saturated carbocycles. The minimum Gasteiger partial charge on any atom is -0.489 e. The molecule has 0 unspecified atom stereocenters. The van der Waals surface area contributed by atoms with Gasteiger partial charge in [0.1, 0.15) is 18.3 Å². The summed E-state index contributed by atoms with van der Waals surface area (Å²) in [5.74, 6) is -0.459. The van der Waals surface area contributed by atoms with Crippen molar-refractivity contribution in [3.8, 4) is 5.75 Å². The van der Waals surface area contributed by atoms with E-state index < -0.39 is 5.92 Å². The van der Waals surface area contributed by atoms with E-state index in [1.54, 1.807) is 0 Å². The molecule has 5 heteroatoms. The lowest BCUT2D eigenvalue weighted by atomic mass is 9.63. The summed E-state index contributed by atoms with van der Waals surface area (Å²) in [7, 11) is 0. The molecular formula is C30H23N2O3+. The number of carbonyl (C=O) groups excluding carboxylic acids is 2. The van der Waals surface area contributed by atoms with Gasteiger partial charge in [-0.3, -0.25) is 9.59 Å². The molecule has 1 fully saturated rings. The van der Waals surface area contributed by atoms with E-state index in [-0.39, 0.29) is 29.7 Å². The van der Waals surface area contributed by atoms with E-state index in [1.165, 1.54) is 4.90 Å². The Bertz CT molecular complexity index is 1350. The molecule has 4 aliphatic rings. The molecular weight excluding hydrogens is 436 g/mol. The van der Waals surface area contributed by atoms with Crippen molar-refractivity contribution < 1.29 is 18.9 Å². The molecule has 3 aliphatic heterocycles. The van der Waals surface area contributed by atoms with E-state index in [9.17, 15) is 9.59 Å². The molecule has 2 bridgehead atoms. The van der Waals surface area contributed by atoms with Gasteiger partial charge in [0.25, 0.3) is 0 Å². The Morgan fingerprint density at radius 2 is 1.40 bits per heavy atom. The number of hydrogen-bond acceptors (Lipinski definition) is 3. The summed E-state index contributed by atoms with van der Waals surface area (Å²) in [5.41, 5.74) is 5.09. The fourth-order valence-electron chi connectivity index (χ4n) is 6.18. The molecule has 0 N–H and O–H groups in total. The van der Waals surface area contributed by atoms with Crippen LogP contribution < -0.4 is 14.2 Å². The molecule has 1 saturated heterocycles. The Kier molecular flexibility index (Phi) is 4.40. The minimum atomic E-state index is -0.406. The summed E-state index contributed by atoms with van der Waals surface area (Å²) < 4.78 is 8.09. The van der Waals surface area contributed by atoms with Gasteiger partial charge in [0.05, 0.1) is 17.5 Å². The van der Waals surface area contributed by atoms with Gasteiger partial charge < -0.3 is 4.74 Å². The lowest BCUT2D eigenvalue weighted by molar-refractivity contribution is -0.736. The van der Waals surface area contributed by atoms with Gasteiger partial charge in [-0.25, -0.2) is 4.90 Å². The predicted molar refractivity (Wildman–Crippen MR) is 130 cm³/mol. The second-order valence-corrected chi connectivity index (χ2v) is 9.42. The third-order valence-electron chi connectivity index (χ3n) is 7.63. The third kappa shape index (κ3) is 2.91. The Morgan fingerprint density at radius 1 is 0.714 bits per heavy atom. The largest absolute Gasteiger partial charge is 0.489 e. The van der Waals surface area contributed by atoms with Crippen LogP contribution in [0.2, 0.25) is 0 Å². The smallest absolute Gasteiger partial charge is 0.244 e. The summed E-state index contributed by atoms with van der Waals surface area (Å²) in [4.78, 5) is 29.0. The molecule has 1 aromatic heterocycles. The molecule has 4 atom stereocenters. The zero-order valence-corrected chi connectivity index (χ0v) is 19.0. The second-order valence-electron chi connectivity index (χ2n) is 9.42. The highest BCUT2D eigenvalue weighted by atomic mass is 16.5. The first-order valence-electron chi connectivity index (χ1n) is 12.0. The maximum Gasteiger partial charge on any atom is 0.244 e. The number of pyridine rings is 1. The van der Waals surface area contributed by atoms with E-state index in [2.05, 4.69) is 22.8 Å². The van der Waals surface area contributed by atoms with Crippen LogP contribution in [0, 0.1) is 11.8 Å². The maximum absolute atomic E-state index is 13.8. The van der Waals surface area contributed by atoms with Gasteiger partial charge in [-0.1, -0.05) is 60.7 Å². The number of amides is 2. The lowest BCUT2D eigenvalue weighted by Gasteiger charge is -2.40. The van der Waals surface area contributed by atoms with Crippen LogP contribution in [0.3, 0.4) is 0 Å². The van der Waals surface area contributed by atoms with Gasteiger partial charge in [-0.2, -0.15) is 4.57 Å². The molecule has 170 valence electrons. The topological polar surface area (TPSA) is 50.5 Å². The number of carbonyl (C=O) groups is 2. The molecule has 4 aromatic rings. The van der Waals surface area contributed by atoms with Crippen molar-refractivity contribution in [1.82, 2.24) is 0 Å². The molecule has 35 heavy (non-hydrogen) atoms. The van der Waals surface area contributed by atoms with Gasteiger partial charge in [0.15, 0.2) is 17.9 Å². The first kappa shape index (κ1) is 20.2. The van der Waals surface area contributed by atoms with E-state index in [0.717, 1.165) is 22.4 Å². The fraction of sp³-hybridized carbons (Fsp3) is 0.167. The summed E-state index contributed by atoms with van der Waals surface area (Å²) in [6, 6.07) is 31.4. The molecule has 8 rings (SSSR count). The number of hydrogen-bond donors (Lipinski definition) is 0. The normalized spacial score (nSPS) is 23.6. The zero-order chi connectivity index (χ0) is 23.5. The molecule has 5 nitrogen and oxygen atoms in total. The number of aromatic nitrogens is 1. The van der Waals surface area contributed by atoms with Crippen molar-refractivity contribution in [2.45, 2.75) is 18.6 Å². The minimum absolute atomic E-state index is 0.113. The van der Waals surface area contributed by atoms with Crippen LogP contribution in [0.4, 0.5) is 5.69 Å². The van der Waals surface area contributed by atoms with Gasteiger partial charge in [0.2, 0.25) is 11.8 Å². The monoisotopic (exact) mass is 459 g/mol. The molecule has 1 aliphatic carbocycles. The predicted octanol–water partition coefficient (Wildman–Crippen LogP) is 4.41. The summed E-state index contributed by atoms with van der Waals surface area (Å²) in [6.07, 6.45) is 2.04. The lowest BCUT2D eigenvalue weighted by Crippen LogP contribution is -2.59. The van der Waals surface area contributed by atoms with Gasteiger partial charge in [0, 0.05) is 17.7 Å². The molecule has 2 amide bonds. The first-order valence-corrected chi connectivity index (χ1v) is 12.0. The second kappa shape index (κ2) is 7.64. The highest BCUT2D eigenvalue weighted by molar-refractivity contribution is 6.23. The third-order valence-corrected chi connectivity index (χ3v) is 7.63. The van der Waals surface area contributed by atoms with Gasteiger partial charge in [-0.15, -0.1) is 0 Å². The maximum atomic E-state index is 13.8. The van der Waals surface area contributed by atoms with Crippen molar-refractivity contribution >= 4 is 17.5 Å². The molecule has 4 heterocycles. The van der Waals surface area contributed by atoms with Crippen LogP contribution in [-0.4, -0.2) is 11.8 Å². The molecule has 0 radical (unpaired) electrons. The number of benzene rings is 3. The highest BCUT2D eigenvalue weighted by Gasteiger charge is 2.66. The highest BCUT2D eigenvalue weighted by Crippen LogP contribution is 2.55. The average Bonchev–Trinajstić information content (AvgIpc) is 3.18. The van der Waals surface area contributed by atoms with Crippen LogP contribution in [0.5, 0.6) is 5.75 Å². The van der Waals surface area contributed by atoms with Gasteiger partial charge >= 0.3 is 0 Å². The van der Waals surface area contributed by atoms with Crippen LogP contribution in [-0.2, 0) is 16.2 Å². The fourth-order valence-corrected chi connectivity index (χ4v) is 6.18. The van der Waals surface area contributed by atoms with E-state index in [1.807, 2.05) is 85.1 Å². The Hall–Kier alpha value is -4.25. The van der Waals surface area contributed by atoms with Crippen LogP contribution in [0.1, 0.15) is 34.3 Å². The number of rotatable bonds is 4. The molecule has 0 spiro atoms. The number of nitrogens with zero attached hydrogens (tertiary/aromatic N) is 2. The zero-order valence-electron chi connectivity index (χ0n) is 19.0. The average molecular weight is 460 g/mol. The molecule has 3 aromatic carbocycles. The SMILES string of the molecule is O=C1[C@@H]2[C@H]3c4ccccc4[C@@H]([C@@H]2C(=O)N1c1ccc(OCc2ccccc2)cc1)[n+]1ccccc13. The quantitative estimate of drug-likeness (QED) is 0.336. The van der Waals surface area contributed by atoms with Crippen molar-refractivity contribution in [2.75, 3.05) is 4.90 Å². The summed E-state index contributed by atoms with van der Waals surface area (Å²) in [5, 5.41) is 0. The standard InChI is InChI=1S/C30H23N2O3/c33-29-26-25-22-10-4-5-11-23(22)28(31-17-7-6-12-24(25)31)27(26)30(34)32(29)20-13-15-21(16-14-20)35-18-19-8-2-1-3-9-19/h1-17,25-28H,18H2/q+1/t25-,26+,27+,28-/m0/s1. The van der Waals surface area contributed by atoms with Crippen molar-refractivity contribution in [2.24, 2.45) is 11.8 Å². The van der Waals surface area contributed by atoms with Crippen LogP contribution in [0.15, 0.2) is 103 Å². The van der Waals surface area contributed by atoms with Crippen molar-refractivity contribution in [3.05, 3.63) is 126 Å². The summed E-state index contributed by atoms with van der Waals surface area (Å²) in [6.45, 7) is 0.461. The number of anilines is 1. The summed E-state index contributed by atoms with van der Waals surface area (Å²) >= 11 is 0. The first-order chi connectivity index (χ1) is 17.2.